The third-order valence-corrected chi connectivity index (χ3v) is 10.6. The lowest BCUT2D eigenvalue weighted by Crippen LogP contribution is -2.64. The fourth-order valence-electron chi connectivity index (χ4n) is 9.56. The lowest BCUT2D eigenvalue weighted by atomic mass is 9.45. The number of fused-ring (bicyclic) bond motifs is 3. The van der Waals surface area contributed by atoms with Crippen LogP contribution in [0.1, 0.15) is 79.6 Å². The molecule has 0 aromatic rings. The van der Waals surface area contributed by atoms with Crippen molar-refractivity contribution in [1.29, 1.82) is 0 Å². The number of nitrogens with two attached hydrogens (primary N) is 2. The molecule has 7 nitrogen and oxygen atoms in total. The van der Waals surface area contributed by atoms with Crippen LogP contribution in [0.5, 0.6) is 0 Å². The fraction of sp³-hybridized carbons (Fsp3) is 0.871. The zero-order valence-electron chi connectivity index (χ0n) is 24.1. The van der Waals surface area contributed by atoms with Crippen molar-refractivity contribution in [3.63, 3.8) is 0 Å². The van der Waals surface area contributed by atoms with Crippen molar-refractivity contribution in [2.75, 3.05) is 19.8 Å². The van der Waals surface area contributed by atoms with Gasteiger partial charge in [-0.1, -0.05) is 25.5 Å². The van der Waals surface area contributed by atoms with E-state index >= 15 is 0 Å². The van der Waals surface area contributed by atoms with Crippen LogP contribution in [0.2, 0.25) is 0 Å². The predicted molar refractivity (Wildman–Crippen MR) is 146 cm³/mol. The maximum absolute atomic E-state index is 12.8. The minimum absolute atomic E-state index is 0.0305. The third kappa shape index (κ3) is 5.08. The molecule has 0 spiro atoms. The number of hydrogen-bond donors (Lipinski definition) is 2. The first-order chi connectivity index (χ1) is 17.9. The average Bonchev–Trinajstić information content (AvgIpc) is 2.81. The van der Waals surface area contributed by atoms with Gasteiger partial charge in [0, 0.05) is 29.7 Å². The Hall–Kier alpha value is -1.44. The Morgan fingerprint density at radius 3 is 2.58 bits per heavy atom. The highest BCUT2D eigenvalue weighted by Gasteiger charge is 2.63. The van der Waals surface area contributed by atoms with Gasteiger partial charge in [-0.25, -0.2) is 0 Å². The van der Waals surface area contributed by atoms with E-state index in [0.717, 1.165) is 38.5 Å². The third-order valence-electron chi connectivity index (χ3n) is 10.6. The van der Waals surface area contributed by atoms with Crippen molar-refractivity contribution in [2.45, 2.75) is 97.3 Å². The van der Waals surface area contributed by atoms with Gasteiger partial charge in [-0.3, -0.25) is 9.59 Å². The van der Waals surface area contributed by atoms with Gasteiger partial charge in [0.05, 0.1) is 25.9 Å². The molecule has 2 bridgehead atoms. The van der Waals surface area contributed by atoms with E-state index in [1.54, 1.807) is 0 Å². The van der Waals surface area contributed by atoms with Gasteiger partial charge in [0.15, 0.2) is 0 Å². The number of rotatable bonds is 7. The molecule has 0 aromatic carbocycles. The van der Waals surface area contributed by atoms with Gasteiger partial charge in [-0.05, 0) is 94.3 Å². The maximum Gasteiger partial charge on any atom is 0.302 e. The number of ether oxygens (including phenoxy) is 3. The molecule has 5 aliphatic rings. The van der Waals surface area contributed by atoms with Crippen LogP contribution < -0.4 is 11.5 Å². The molecule has 0 radical (unpaired) electrons. The summed E-state index contributed by atoms with van der Waals surface area (Å²) in [6, 6.07) is 0. The number of primary amides is 1. The van der Waals surface area contributed by atoms with Gasteiger partial charge >= 0.3 is 5.97 Å². The van der Waals surface area contributed by atoms with Gasteiger partial charge in [0.2, 0.25) is 5.91 Å². The molecule has 1 heterocycles. The highest BCUT2D eigenvalue weighted by molar-refractivity contribution is 5.77. The monoisotopic (exact) mass is 530 g/mol. The quantitative estimate of drug-likeness (QED) is 0.376. The van der Waals surface area contributed by atoms with Crippen molar-refractivity contribution >= 4 is 11.9 Å². The summed E-state index contributed by atoms with van der Waals surface area (Å²) in [6.07, 6.45) is 9.19. The second kappa shape index (κ2) is 10.5. The largest absolute Gasteiger partial charge is 0.460 e. The fourth-order valence-corrected chi connectivity index (χ4v) is 9.56. The molecule has 5 rings (SSSR count). The minimum atomic E-state index is -0.464. The summed E-state index contributed by atoms with van der Waals surface area (Å²) in [6.45, 7) is 11.6. The molecule has 1 saturated heterocycles. The van der Waals surface area contributed by atoms with Crippen LogP contribution in [0.3, 0.4) is 0 Å². The summed E-state index contributed by atoms with van der Waals surface area (Å²) in [5.74, 6) is 2.46. The molecule has 0 aromatic heterocycles. The van der Waals surface area contributed by atoms with E-state index in [4.69, 9.17) is 25.7 Å². The van der Waals surface area contributed by atoms with E-state index in [9.17, 15) is 9.59 Å². The Morgan fingerprint density at radius 1 is 1.16 bits per heavy atom. The van der Waals surface area contributed by atoms with E-state index in [-0.39, 0.29) is 41.3 Å². The first kappa shape index (κ1) is 28.1. The summed E-state index contributed by atoms with van der Waals surface area (Å²) in [4.78, 5) is 25.0. The molecule has 3 saturated carbocycles. The van der Waals surface area contributed by atoms with Crippen LogP contribution in [0.25, 0.3) is 0 Å². The maximum atomic E-state index is 12.8. The van der Waals surface area contributed by atoms with Crippen LogP contribution in [-0.2, 0) is 23.8 Å². The highest BCUT2D eigenvalue weighted by Crippen LogP contribution is 2.64. The molecule has 214 valence electrons. The lowest BCUT2D eigenvalue weighted by molar-refractivity contribution is -0.226. The summed E-state index contributed by atoms with van der Waals surface area (Å²) in [7, 11) is 0. The molecule has 4 fully saturated rings. The van der Waals surface area contributed by atoms with Crippen LogP contribution in [0.15, 0.2) is 11.6 Å². The highest BCUT2D eigenvalue weighted by atomic mass is 16.6. The predicted octanol–water partition coefficient (Wildman–Crippen LogP) is 4.22. The SMILES string of the molecule is CC(=O)O[C@@H]1C[C@]23COCC(C2CCC2C3=CCC3C2CCC(CC(C)C)C3C(N)=O)[C@H]1OCC(C)(C)N. The van der Waals surface area contributed by atoms with Gasteiger partial charge < -0.3 is 25.7 Å². The van der Waals surface area contributed by atoms with Crippen molar-refractivity contribution in [3.8, 4) is 0 Å². The van der Waals surface area contributed by atoms with E-state index in [0.29, 0.717) is 55.3 Å². The van der Waals surface area contributed by atoms with Crippen molar-refractivity contribution in [3.05, 3.63) is 11.6 Å². The zero-order valence-corrected chi connectivity index (χ0v) is 24.1. The van der Waals surface area contributed by atoms with E-state index < -0.39 is 5.54 Å². The molecule has 4 aliphatic carbocycles. The Kier molecular flexibility index (Phi) is 7.77. The molecule has 1 amide bonds. The standard InChI is InChI=1S/C31H50N2O5/c1-17(2)12-19-6-7-20-21-8-10-25-23-14-36-16-31(25,24(21)11-9-22(20)27(19)29(32)35)13-26(38-18(3)34)28(23)37-15-30(4,5)33/h11,17,19-23,25-28H,6-10,12-16,33H2,1-5H3,(H2,32,35)/t19?,20?,21?,22?,23?,25?,26-,27?,28-,31-/m1/s1. The molecule has 4 N–H and O–H groups in total. The van der Waals surface area contributed by atoms with Gasteiger partial charge in [-0.2, -0.15) is 0 Å². The van der Waals surface area contributed by atoms with E-state index in [2.05, 4.69) is 19.9 Å². The molecule has 7 unspecified atom stereocenters. The number of amides is 1. The Labute approximate surface area is 228 Å². The molecule has 10 atom stereocenters. The van der Waals surface area contributed by atoms with Gasteiger partial charge in [-0.15, -0.1) is 0 Å². The summed E-state index contributed by atoms with van der Waals surface area (Å²) in [5.41, 5.74) is 13.3. The molecular formula is C31H50N2O5. The summed E-state index contributed by atoms with van der Waals surface area (Å²) < 4.78 is 18.8. The van der Waals surface area contributed by atoms with Crippen LogP contribution in [-0.4, -0.2) is 49.4 Å². The van der Waals surface area contributed by atoms with Crippen molar-refractivity contribution in [2.24, 2.45) is 64.2 Å². The number of allylic oxidation sites excluding steroid dienone is 1. The first-order valence-electron chi connectivity index (χ1n) is 15.1. The first-order valence-corrected chi connectivity index (χ1v) is 15.1. The Bertz CT molecular complexity index is 941. The zero-order chi connectivity index (χ0) is 27.4. The molecule has 7 heteroatoms. The van der Waals surface area contributed by atoms with E-state index in [1.165, 1.54) is 18.9 Å². The van der Waals surface area contributed by atoms with Crippen LogP contribution >= 0.6 is 0 Å². The summed E-state index contributed by atoms with van der Waals surface area (Å²) >= 11 is 0. The second-order valence-corrected chi connectivity index (χ2v) is 14.4. The summed E-state index contributed by atoms with van der Waals surface area (Å²) in [5, 5.41) is 0. The average molecular weight is 531 g/mol. The topological polar surface area (TPSA) is 114 Å². The minimum Gasteiger partial charge on any atom is -0.460 e. The number of carbonyl (C=O) groups is 2. The molecular weight excluding hydrogens is 480 g/mol. The van der Waals surface area contributed by atoms with Crippen LogP contribution in [0.4, 0.5) is 0 Å². The van der Waals surface area contributed by atoms with Gasteiger partial charge in [0.1, 0.15) is 6.10 Å². The van der Waals surface area contributed by atoms with Crippen LogP contribution in [0, 0.1) is 52.8 Å². The number of esters is 1. The van der Waals surface area contributed by atoms with Crippen molar-refractivity contribution < 1.29 is 23.8 Å². The van der Waals surface area contributed by atoms with E-state index in [1.807, 2.05) is 13.8 Å². The Morgan fingerprint density at radius 2 is 1.92 bits per heavy atom. The number of carbonyl (C=O) groups excluding carboxylic acids is 2. The Balaban J connectivity index is 1.46. The smallest absolute Gasteiger partial charge is 0.302 e. The molecule has 1 aliphatic heterocycles. The second-order valence-electron chi connectivity index (χ2n) is 14.4. The van der Waals surface area contributed by atoms with Crippen molar-refractivity contribution in [1.82, 2.24) is 0 Å². The number of hydrogen-bond acceptors (Lipinski definition) is 6. The normalized spacial score (nSPS) is 42.4. The van der Waals surface area contributed by atoms with Gasteiger partial charge in [0.25, 0.3) is 0 Å². The molecule has 38 heavy (non-hydrogen) atoms. The lowest BCUT2D eigenvalue weighted by Gasteiger charge is -2.63.